The molecule has 1 unspecified atom stereocenters. The lowest BCUT2D eigenvalue weighted by Crippen LogP contribution is -2.57. The summed E-state index contributed by atoms with van der Waals surface area (Å²) in [6.07, 6.45) is 4.13. The maximum atomic E-state index is 13.9. The van der Waals surface area contributed by atoms with Gasteiger partial charge in [-0.05, 0) is 52.7 Å². The fourth-order valence-corrected chi connectivity index (χ4v) is 6.97. The third kappa shape index (κ3) is 4.42. The minimum absolute atomic E-state index is 0.0909. The molecule has 1 atom stereocenters. The first-order valence-corrected chi connectivity index (χ1v) is 14.1. The van der Waals surface area contributed by atoms with Crippen LogP contribution < -0.4 is 10.5 Å². The van der Waals surface area contributed by atoms with Gasteiger partial charge in [-0.3, -0.25) is 9.69 Å². The lowest BCUT2D eigenvalue weighted by molar-refractivity contribution is -0.128. The highest BCUT2D eigenvalue weighted by Crippen LogP contribution is 2.37. The van der Waals surface area contributed by atoms with Crippen LogP contribution in [-0.2, 0) is 21.2 Å². The highest BCUT2D eigenvalue weighted by Gasteiger charge is 2.43. The number of carbonyl (C=O) groups is 1. The van der Waals surface area contributed by atoms with E-state index in [1.807, 2.05) is 47.7 Å². The van der Waals surface area contributed by atoms with Crippen LogP contribution in [0.5, 0.6) is 5.75 Å². The Bertz CT molecular complexity index is 1420. The van der Waals surface area contributed by atoms with Gasteiger partial charge in [0.1, 0.15) is 23.6 Å². The normalized spacial score (nSPS) is 19.2. The van der Waals surface area contributed by atoms with Gasteiger partial charge in [0.05, 0.1) is 22.9 Å². The molecule has 11 nitrogen and oxygen atoms in total. The SMILES string of the molecule is CC(C)n1ncnc1-c1cn2c(n1)-c1ccccc1OC(S(=O)(=O)C1CCN(C(C)(C)C(N)=O)CC1)C2. The first-order chi connectivity index (χ1) is 17.5. The summed E-state index contributed by atoms with van der Waals surface area (Å²) in [6.45, 7) is 8.61. The number of nitrogens with zero attached hydrogens (tertiary/aromatic N) is 6. The average molecular weight is 528 g/mol. The van der Waals surface area contributed by atoms with Gasteiger partial charge in [0, 0.05) is 25.3 Å². The molecule has 0 radical (unpaired) electrons. The second kappa shape index (κ2) is 9.25. The van der Waals surface area contributed by atoms with Gasteiger partial charge in [-0.25, -0.2) is 23.1 Å². The highest BCUT2D eigenvalue weighted by molar-refractivity contribution is 7.92. The van der Waals surface area contributed by atoms with Crippen molar-refractivity contribution < 1.29 is 17.9 Å². The van der Waals surface area contributed by atoms with Crippen LogP contribution in [0.1, 0.15) is 46.6 Å². The smallest absolute Gasteiger partial charge is 0.237 e. The van der Waals surface area contributed by atoms with Gasteiger partial charge < -0.3 is 15.0 Å². The number of hydrogen-bond donors (Lipinski definition) is 1. The van der Waals surface area contributed by atoms with Crippen LogP contribution in [0.3, 0.4) is 0 Å². The lowest BCUT2D eigenvalue weighted by atomic mass is 9.98. The molecule has 1 fully saturated rings. The summed E-state index contributed by atoms with van der Waals surface area (Å²) in [5.74, 6) is 1.30. The molecule has 1 amide bonds. The third-order valence-electron chi connectivity index (χ3n) is 7.47. The van der Waals surface area contributed by atoms with E-state index in [0.717, 1.165) is 5.56 Å². The van der Waals surface area contributed by atoms with E-state index in [9.17, 15) is 13.2 Å². The number of likely N-dealkylation sites (tertiary alicyclic amines) is 1. The minimum atomic E-state index is -3.70. The maximum Gasteiger partial charge on any atom is 0.237 e. The van der Waals surface area contributed by atoms with E-state index in [1.54, 1.807) is 24.6 Å². The second-order valence-electron chi connectivity index (χ2n) is 10.5. The Morgan fingerprint density at radius 1 is 1.16 bits per heavy atom. The zero-order valence-corrected chi connectivity index (χ0v) is 22.4. The minimum Gasteiger partial charge on any atom is -0.472 e. The Kier molecular flexibility index (Phi) is 6.35. The Labute approximate surface area is 216 Å². The van der Waals surface area contributed by atoms with Crippen LogP contribution in [0.4, 0.5) is 0 Å². The molecule has 2 N–H and O–H groups in total. The van der Waals surface area contributed by atoms with Gasteiger partial charge in [-0.15, -0.1) is 0 Å². The third-order valence-corrected chi connectivity index (χ3v) is 9.85. The van der Waals surface area contributed by atoms with E-state index in [0.29, 0.717) is 49.0 Å². The highest BCUT2D eigenvalue weighted by atomic mass is 32.2. The molecule has 2 aliphatic rings. The lowest BCUT2D eigenvalue weighted by Gasteiger charge is -2.41. The molecule has 4 heterocycles. The van der Waals surface area contributed by atoms with E-state index in [4.69, 9.17) is 15.5 Å². The maximum absolute atomic E-state index is 13.9. The first-order valence-electron chi connectivity index (χ1n) is 12.5. The van der Waals surface area contributed by atoms with E-state index < -0.39 is 32.0 Å². The number of primary amides is 1. The summed E-state index contributed by atoms with van der Waals surface area (Å²) in [6, 6.07) is 7.44. The Balaban J connectivity index is 1.46. The molecule has 0 bridgehead atoms. The molecule has 1 aromatic carbocycles. The van der Waals surface area contributed by atoms with Gasteiger partial charge in [0.15, 0.2) is 15.7 Å². The van der Waals surface area contributed by atoms with E-state index in [2.05, 4.69) is 10.1 Å². The van der Waals surface area contributed by atoms with E-state index >= 15 is 0 Å². The molecule has 0 saturated carbocycles. The van der Waals surface area contributed by atoms with Crippen LogP contribution >= 0.6 is 0 Å². The van der Waals surface area contributed by atoms with Crippen LogP contribution in [0.2, 0.25) is 0 Å². The van der Waals surface area contributed by atoms with Gasteiger partial charge in [0.25, 0.3) is 0 Å². The van der Waals surface area contributed by atoms with Crippen LogP contribution in [-0.4, -0.2) is 72.9 Å². The predicted molar refractivity (Wildman–Crippen MR) is 138 cm³/mol. The van der Waals surface area contributed by atoms with Crippen molar-refractivity contribution in [3.05, 3.63) is 36.8 Å². The number of amides is 1. The zero-order valence-electron chi connectivity index (χ0n) is 21.5. The summed E-state index contributed by atoms with van der Waals surface area (Å²) >= 11 is 0. The van der Waals surface area contributed by atoms with Crippen LogP contribution in [0, 0.1) is 0 Å². The van der Waals surface area contributed by atoms with Crippen molar-refractivity contribution in [3.63, 3.8) is 0 Å². The number of ether oxygens (including phenoxy) is 1. The summed E-state index contributed by atoms with van der Waals surface area (Å²) < 4.78 is 37.6. The number of benzene rings is 1. The van der Waals surface area contributed by atoms with Gasteiger partial charge in [-0.2, -0.15) is 5.10 Å². The molecule has 3 aromatic rings. The molecular formula is C25H33N7O4S. The number of rotatable bonds is 6. The van der Waals surface area contributed by atoms with Crippen molar-refractivity contribution >= 4 is 15.7 Å². The standard InChI is InChI=1S/C25H33N7O4S/c1-16(2)32-23(27-15-28-32)19-13-30-14-21(36-20-8-6-5-7-18(20)22(30)29-19)37(34,35)17-9-11-31(12-10-17)25(3,4)24(26)33/h5-8,13,15-17,21H,9-12,14H2,1-4H3,(H2,26,33). The van der Waals surface area contributed by atoms with Gasteiger partial charge >= 0.3 is 0 Å². The molecule has 5 rings (SSSR count). The molecule has 37 heavy (non-hydrogen) atoms. The number of nitrogens with two attached hydrogens (primary N) is 1. The largest absolute Gasteiger partial charge is 0.472 e. The van der Waals surface area contributed by atoms with Crippen molar-refractivity contribution in [1.29, 1.82) is 0 Å². The van der Waals surface area contributed by atoms with Crippen molar-refractivity contribution in [2.75, 3.05) is 13.1 Å². The summed E-state index contributed by atoms with van der Waals surface area (Å²) in [5, 5.41) is 3.73. The van der Waals surface area contributed by atoms with Gasteiger partial charge in [-0.1, -0.05) is 12.1 Å². The summed E-state index contributed by atoms with van der Waals surface area (Å²) in [7, 11) is -3.70. The molecule has 2 aromatic heterocycles. The zero-order chi connectivity index (χ0) is 26.5. The molecule has 1 saturated heterocycles. The predicted octanol–water partition coefficient (Wildman–Crippen LogP) is 2.25. The number of hydrogen-bond acceptors (Lipinski definition) is 8. The molecule has 12 heteroatoms. The number of carbonyl (C=O) groups excluding carboxylic acids is 1. The van der Waals surface area contributed by atoms with E-state index in [1.165, 1.54) is 6.33 Å². The molecule has 0 spiro atoms. The Hall–Kier alpha value is -3.25. The van der Waals surface area contributed by atoms with Crippen LogP contribution in [0.15, 0.2) is 36.8 Å². The number of fused-ring (bicyclic) bond motifs is 3. The monoisotopic (exact) mass is 527 g/mol. The number of imidazole rings is 1. The Morgan fingerprint density at radius 3 is 2.54 bits per heavy atom. The molecule has 0 aliphatic carbocycles. The van der Waals surface area contributed by atoms with Crippen molar-refractivity contribution in [3.8, 4) is 28.7 Å². The van der Waals surface area contributed by atoms with Crippen molar-refractivity contribution in [2.24, 2.45) is 5.73 Å². The quantitative estimate of drug-likeness (QED) is 0.515. The topological polar surface area (TPSA) is 138 Å². The summed E-state index contributed by atoms with van der Waals surface area (Å²) in [5.41, 5.74) is 5.00. The average Bonchev–Trinajstić information content (AvgIpc) is 3.48. The number of para-hydroxylation sites is 1. The second-order valence-corrected chi connectivity index (χ2v) is 12.8. The molecular weight excluding hydrogens is 494 g/mol. The van der Waals surface area contributed by atoms with Gasteiger partial charge in [0.2, 0.25) is 11.3 Å². The first kappa shape index (κ1) is 25.4. The fourth-order valence-electron chi connectivity index (χ4n) is 5.07. The number of sulfone groups is 1. The summed E-state index contributed by atoms with van der Waals surface area (Å²) in [4.78, 5) is 23.1. The molecule has 2 aliphatic heterocycles. The number of piperidine rings is 1. The fraction of sp³-hybridized carbons (Fsp3) is 0.520. The Morgan fingerprint density at radius 2 is 1.86 bits per heavy atom. The molecule has 198 valence electrons. The van der Waals surface area contributed by atoms with Crippen molar-refractivity contribution in [1.82, 2.24) is 29.2 Å². The van der Waals surface area contributed by atoms with E-state index in [-0.39, 0.29) is 12.6 Å². The van der Waals surface area contributed by atoms with Crippen LogP contribution in [0.25, 0.3) is 22.9 Å². The number of aromatic nitrogens is 5. The van der Waals surface area contributed by atoms with Crippen molar-refractivity contribution in [2.45, 2.75) is 69.3 Å².